The van der Waals surface area contributed by atoms with Gasteiger partial charge in [0.2, 0.25) is 0 Å². The molecule has 5 heteroatoms. The normalized spacial score (nSPS) is 10.5. The Morgan fingerprint density at radius 2 is 2.47 bits per heavy atom. The van der Waals surface area contributed by atoms with Gasteiger partial charge >= 0.3 is 0 Å². The summed E-state index contributed by atoms with van der Waals surface area (Å²) in [5, 5.41) is 11.2. The Labute approximate surface area is 97.6 Å². The number of benzene rings is 1. The second-order valence-corrected chi connectivity index (χ2v) is 4.96. The first-order valence-corrected chi connectivity index (χ1v) is 6.06. The summed E-state index contributed by atoms with van der Waals surface area (Å²) in [6, 6.07) is 6.02. The van der Waals surface area contributed by atoms with Crippen LogP contribution < -0.4 is 5.32 Å². The quantitative estimate of drug-likeness (QED) is 0.788. The van der Waals surface area contributed by atoms with Gasteiger partial charge in [-0.1, -0.05) is 30.9 Å². The van der Waals surface area contributed by atoms with Gasteiger partial charge in [0.15, 0.2) is 0 Å². The Morgan fingerprint density at radius 3 is 3.27 bits per heavy atom. The molecule has 0 spiro atoms. The predicted molar refractivity (Wildman–Crippen MR) is 70.4 cm³/mol. The summed E-state index contributed by atoms with van der Waals surface area (Å²) in [7, 11) is 0. The molecule has 1 heterocycles. The van der Waals surface area contributed by atoms with E-state index in [0.717, 1.165) is 26.7 Å². The number of anilines is 1. The highest BCUT2D eigenvalue weighted by Gasteiger charge is 2.00. The van der Waals surface area contributed by atoms with Gasteiger partial charge in [-0.2, -0.15) is 5.10 Å². The first-order chi connectivity index (χ1) is 7.29. The second kappa shape index (κ2) is 4.63. The standard InChI is InChI=1S/C10H11N3S2/c1-2-15-10(14)12-8-4-3-7-6-11-13-9(7)5-8/h3-6H,2H2,1H3,(H,11,13)(H,12,14). The highest BCUT2D eigenvalue weighted by molar-refractivity contribution is 8.23. The van der Waals surface area contributed by atoms with Crippen molar-refractivity contribution in [3.63, 3.8) is 0 Å². The van der Waals surface area contributed by atoms with Crippen LogP contribution in [0.1, 0.15) is 6.92 Å². The summed E-state index contributed by atoms with van der Waals surface area (Å²) in [5.41, 5.74) is 2.02. The molecule has 2 aromatic rings. The average Bonchev–Trinajstić information content (AvgIpc) is 2.65. The molecule has 0 saturated carbocycles. The number of aromatic amines is 1. The van der Waals surface area contributed by atoms with E-state index in [1.54, 1.807) is 18.0 Å². The van der Waals surface area contributed by atoms with Crippen molar-refractivity contribution in [3.05, 3.63) is 24.4 Å². The summed E-state index contributed by atoms with van der Waals surface area (Å²) in [4.78, 5) is 0. The van der Waals surface area contributed by atoms with Crippen molar-refractivity contribution in [1.29, 1.82) is 0 Å². The van der Waals surface area contributed by atoms with Crippen LogP contribution in [0, 0.1) is 0 Å². The molecule has 3 nitrogen and oxygen atoms in total. The van der Waals surface area contributed by atoms with E-state index in [9.17, 15) is 0 Å². The van der Waals surface area contributed by atoms with Crippen molar-refractivity contribution < 1.29 is 0 Å². The highest BCUT2D eigenvalue weighted by atomic mass is 32.2. The van der Waals surface area contributed by atoms with E-state index in [2.05, 4.69) is 22.4 Å². The lowest BCUT2D eigenvalue weighted by molar-refractivity contribution is 1.12. The summed E-state index contributed by atoms with van der Waals surface area (Å²) in [6.07, 6.45) is 1.80. The van der Waals surface area contributed by atoms with Gasteiger partial charge in [-0.3, -0.25) is 5.10 Å². The lowest BCUT2D eigenvalue weighted by atomic mass is 10.2. The van der Waals surface area contributed by atoms with Crippen molar-refractivity contribution in [2.24, 2.45) is 0 Å². The van der Waals surface area contributed by atoms with Crippen LogP contribution >= 0.6 is 24.0 Å². The summed E-state index contributed by atoms with van der Waals surface area (Å²) >= 11 is 6.79. The molecule has 1 aromatic carbocycles. The molecule has 2 rings (SSSR count). The van der Waals surface area contributed by atoms with Crippen LogP contribution in [0.2, 0.25) is 0 Å². The average molecular weight is 237 g/mol. The second-order valence-electron chi connectivity index (χ2n) is 3.02. The van der Waals surface area contributed by atoms with E-state index in [0.29, 0.717) is 0 Å². The van der Waals surface area contributed by atoms with E-state index in [-0.39, 0.29) is 0 Å². The van der Waals surface area contributed by atoms with Gasteiger partial charge in [-0.25, -0.2) is 0 Å². The van der Waals surface area contributed by atoms with Crippen molar-refractivity contribution in [3.8, 4) is 0 Å². The molecule has 0 bridgehead atoms. The predicted octanol–water partition coefficient (Wildman–Crippen LogP) is 3.01. The van der Waals surface area contributed by atoms with Gasteiger partial charge in [0.05, 0.1) is 11.7 Å². The van der Waals surface area contributed by atoms with Crippen molar-refractivity contribution in [1.82, 2.24) is 10.2 Å². The summed E-state index contributed by atoms with van der Waals surface area (Å²) in [5.74, 6) is 0.984. The van der Waals surface area contributed by atoms with Crippen molar-refractivity contribution >= 4 is 44.9 Å². The van der Waals surface area contributed by atoms with Crippen LogP contribution in [0.15, 0.2) is 24.4 Å². The largest absolute Gasteiger partial charge is 0.341 e. The number of H-pyrrole nitrogens is 1. The number of aromatic nitrogens is 2. The van der Waals surface area contributed by atoms with E-state index >= 15 is 0 Å². The van der Waals surface area contributed by atoms with Crippen molar-refractivity contribution in [2.75, 3.05) is 11.1 Å². The molecule has 0 aliphatic carbocycles. The van der Waals surface area contributed by atoms with Gasteiger partial charge < -0.3 is 5.32 Å². The zero-order valence-electron chi connectivity index (χ0n) is 8.28. The minimum Gasteiger partial charge on any atom is -0.341 e. The maximum Gasteiger partial charge on any atom is 0.138 e. The van der Waals surface area contributed by atoms with Gasteiger partial charge in [-0.15, -0.1) is 0 Å². The molecule has 0 fully saturated rings. The lowest BCUT2D eigenvalue weighted by Gasteiger charge is -2.05. The molecule has 0 radical (unpaired) electrons. The zero-order valence-corrected chi connectivity index (χ0v) is 9.91. The van der Waals surface area contributed by atoms with Crippen LogP contribution in [-0.4, -0.2) is 20.3 Å². The molecule has 2 N–H and O–H groups in total. The Balaban J connectivity index is 2.17. The number of rotatable bonds is 2. The third-order valence-electron chi connectivity index (χ3n) is 1.96. The molecule has 1 aromatic heterocycles. The Kier molecular flexibility index (Phi) is 3.23. The number of nitrogens with one attached hydrogen (secondary N) is 2. The minimum absolute atomic E-state index is 0.802. The fraction of sp³-hybridized carbons (Fsp3) is 0.200. The molecular formula is C10H11N3S2. The molecule has 15 heavy (non-hydrogen) atoms. The highest BCUT2D eigenvalue weighted by Crippen LogP contribution is 2.18. The maximum absolute atomic E-state index is 5.16. The van der Waals surface area contributed by atoms with E-state index in [1.807, 2.05) is 18.2 Å². The number of hydrogen-bond acceptors (Lipinski definition) is 3. The smallest absolute Gasteiger partial charge is 0.138 e. The molecule has 0 atom stereocenters. The zero-order chi connectivity index (χ0) is 10.7. The maximum atomic E-state index is 5.16. The molecule has 0 amide bonds. The van der Waals surface area contributed by atoms with Gasteiger partial charge in [0, 0.05) is 11.1 Å². The topological polar surface area (TPSA) is 40.7 Å². The fourth-order valence-electron chi connectivity index (χ4n) is 1.30. The van der Waals surface area contributed by atoms with Crippen LogP contribution in [-0.2, 0) is 0 Å². The Morgan fingerprint density at radius 1 is 1.60 bits per heavy atom. The minimum atomic E-state index is 0.802. The number of nitrogens with zero attached hydrogens (tertiary/aromatic N) is 1. The third kappa shape index (κ3) is 2.49. The van der Waals surface area contributed by atoms with Crippen LogP contribution in [0.5, 0.6) is 0 Å². The molecule has 0 unspecified atom stereocenters. The van der Waals surface area contributed by atoms with E-state index in [4.69, 9.17) is 12.2 Å². The molecule has 0 aliphatic heterocycles. The molecule has 78 valence electrons. The van der Waals surface area contributed by atoms with Crippen LogP contribution in [0.3, 0.4) is 0 Å². The first kappa shape index (κ1) is 10.4. The third-order valence-corrected chi connectivity index (χ3v) is 3.07. The monoisotopic (exact) mass is 237 g/mol. The Bertz CT molecular complexity index is 478. The molecule has 0 saturated heterocycles. The van der Waals surface area contributed by atoms with E-state index in [1.165, 1.54) is 0 Å². The fourth-order valence-corrected chi connectivity index (χ4v) is 2.22. The molecular weight excluding hydrogens is 226 g/mol. The van der Waals surface area contributed by atoms with Gasteiger partial charge in [0.25, 0.3) is 0 Å². The van der Waals surface area contributed by atoms with Crippen LogP contribution in [0.4, 0.5) is 5.69 Å². The SMILES string of the molecule is CCSC(=S)Nc1ccc2cn[nH]c2c1. The van der Waals surface area contributed by atoms with Gasteiger partial charge in [0.1, 0.15) is 4.32 Å². The summed E-state index contributed by atoms with van der Waals surface area (Å²) in [6.45, 7) is 2.08. The van der Waals surface area contributed by atoms with Gasteiger partial charge in [-0.05, 0) is 24.0 Å². The lowest BCUT2D eigenvalue weighted by Crippen LogP contribution is -2.04. The van der Waals surface area contributed by atoms with Crippen molar-refractivity contribution in [2.45, 2.75) is 6.92 Å². The van der Waals surface area contributed by atoms with E-state index < -0.39 is 0 Å². The Hall–Kier alpha value is -1.07. The summed E-state index contributed by atoms with van der Waals surface area (Å²) < 4.78 is 0.802. The number of thioether (sulfide) groups is 1. The number of thiocarbonyl (C=S) groups is 1. The van der Waals surface area contributed by atoms with Crippen LogP contribution in [0.25, 0.3) is 10.9 Å². The number of fused-ring (bicyclic) bond motifs is 1. The first-order valence-electron chi connectivity index (χ1n) is 4.66. The molecule has 0 aliphatic rings. The number of hydrogen-bond donors (Lipinski definition) is 2.